The van der Waals surface area contributed by atoms with E-state index in [2.05, 4.69) is 182 Å². The SMILES string of the molecule is c1ccc(-c2ccc3c(-c4cccc5ccccc45)c4ccccc4c(-c4cccc5c(-c6ccccc6)cccc45)c3c2)cc1. The van der Waals surface area contributed by atoms with Crippen LogP contribution in [0.4, 0.5) is 0 Å². The Kier molecular flexibility index (Phi) is 6.25. The van der Waals surface area contributed by atoms with E-state index >= 15 is 0 Å². The highest BCUT2D eigenvalue weighted by atomic mass is 14.2. The van der Waals surface area contributed by atoms with E-state index in [0.29, 0.717) is 0 Å². The van der Waals surface area contributed by atoms with Crippen molar-refractivity contribution in [3.63, 3.8) is 0 Å². The first kappa shape index (κ1) is 26.4. The lowest BCUT2D eigenvalue weighted by Crippen LogP contribution is -1.93. The topological polar surface area (TPSA) is 0 Å². The van der Waals surface area contributed by atoms with Gasteiger partial charge in [0.05, 0.1) is 0 Å². The van der Waals surface area contributed by atoms with Gasteiger partial charge in [-0.2, -0.15) is 0 Å². The summed E-state index contributed by atoms with van der Waals surface area (Å²) in [5.74, 6) is 0. The van der Waals surface area contributed by atoms with E-state index in [0.717, 1.165) is 0 Å². The highest BCUT2D eigenvalue weighted by Crippen LogP contribution is 2.48. The molecule has 9 aromatic rings. The fraction of sp³-hybridized carbons (Fsp3) is 0. The first-order valence-corrected chi connectivity index (χ1v) is 15.9. The third-order valence-corrected chi connectivity index (χ3v) is 9.47. The maximum absolute atomic E-state index is 2.42. The van der Waals surface area contributed by atoms with Crippen molar-refractivity contribution in [3.8, 4) is 44.5 Å². The van der Waals surface area contributed by atoms with Crippen molar-refractivity contribution in [2.75, 3.05) is 0 Å². The highest BCUT2D eigenvalue weighted by Gasteiger charge is 2.20. The second-order valence-electron chi connectivity index (χ2n) is 12.0. The summed E-state index contributed by atoms with van der Waals surface area (Å²) in [6.45, 7) is 0. The van der Waals surface area contributed by atoms with Gasteiger partial charge in [-0.25, -0.2) is 0 Å². The highest BCUT2D eigenvalue weighted by molar-refractivity contribution is 6.26. The van der Waals surface area contributed by atoms with Gasteiger partial charge < -0.3 is 0 Å². The van der Waals surface area contributed by atoms with Gasteiger partial charge in [0.2, 0.25) is 0 Å². The average Bonchev–Trinajstić information content (AvgIpc) is 3.14. The number of hydrogen-bond donors (Lipinski definition) is 0. The van der Waals surface area contributed by atoms with E-state index in [1.54, 1.807) is 0 Å². The van der Waals surface area contributed by atoms with Crippen molar-refractivity contribution in [1.82, 2.24) is 0 Å². The Balaban J connectivity index is 1.44. The van der Waals surface area contributed by atoms with Crippen LogP contribution in [0.1, 0.15) is 0 Å². The zero-order valence-corrected chi connectivity index (χ0v) is 25.3. The zero-order chi connectivity index (χ0) is 30.5. The van der Waals surface area contributed by atoms with Gasteiger partial charge in [0.15, 0.2) is 0 Å². The number of fused-ring (bicyclic) bond motifs is 4. The molecule has 0 heteroatoms. The van der Waals surface area contributed by atoms with Gasteiger partial charge in [-0.1, -0.05) is 176 Å². The number of rotatable bonds is 4. The fourth-order valence-electron chi connectivity index (χ4n) is 7.41. The summed E-state index contributed by atoms with van der Waals surface area (Å²) in [7, 11) is 0. The minimum absolute atomic E-state index is 1.22. The maximum Gasteiger partial charge on any atom is -0.00199 e. The minimum atomic E-state index is 1.22. The van der Waals surface area contributed by atoms with Gasteiger partial charge in [0.25, 0.3) is 0 Å². The lowest BCUT2D eigenvalue weighted by atomic mass is 9.82. The quantitative estimate of drug-likeness (QED) is 0.181. The van der Waals surface area contributed by atoms with Crippen LogP contribution in [-0.2, 0) is 0 Å². The van der Waals surface area contributed by atoms with E-state index in [4.69, 9.17) is 0 Å². The predicted molar refractivity (Wildman–Crippen MR) is 198 cm³/mol. The van der Waals surface area contributed by atoms with Crippen molar-refractivity contribution < 1.29 is 0 Å². The molecule has 0 N–H and O–H groups in total. The smallest absolute Gasteiger partial charge is 0.00199 e. The molecular weight excluding hydrogens is 553 g/mol. The van der Waals surface area contributed by atoms with Crippen LogP contribution in [0.3, 0.4) is 0 Å². The summed E-state index contributed by atoms with van der Waals surface area (Å²) in [5, 5.41) is 10.1. The van der Waals surface area contributed by atoms with Gasteiger partial charge in [-0.3, -0.25) is 0 Å². The summed E-state index contributed by atoms with van der Waals surface area (Å²) in [4.78, 5) is 0. The lowest BCUT2D eigenvalue weighted by molar-refractivity contribution is 1.63. The molecule has 0 aromatic heterocycles. The molecule has 0 spiro atoms. The van der Waals surface area contributed by atoms with Crippen LogP contribution in [0.15, 0.2) is 182 Å². The molecule has 0 aliphatic carbocycles. The lowest BCUT2D eigenvalue weighted by Gasteiger charge is -2.21. The third-order valence-electron chi connectivity index (χ3n) is 9.47. The Bertz CT molecular complexity index is 2550. The second-order valence-corrected chi connectivity index (χ2v) is 12.0. The van der Waals surface area contributed by atoms with Crippen LogP contribution < -0.4 is 0 Å². The fourth-order valence-corrected chi connectivity index (χ4v) is 7.41. The van der Waals surface area contributed by atoms with E-state index in [1.165, 1.54) is 87.6 Å². The van der Waals surface area contributed by atoms with Gasteiger partial charge in [-0.05, 0) is 93.7 Å². The van der Waals surface area contributed by atoms with Gasteiger partial charge in [0.1, 0.15) is 0 Å². The van der Waals surface area contributed by atoms with Crippen LogP contribution >= 0.6 is 0 Å². The van der Waals surface area contributed by atoms with Gasteiger partial charge in [0, 0.05) is 0 Å². The Labute approximate surface area is 268 Å². The summed E-state index contributed by atoms with van der Waals surface area (Å²) in [5.41, 5.74) is 10.0. The van der Waals surface area contributed by atoms with Crippen LogP contribution in [0.5, 0.6) is 0 Å². The van der Waals surface area contributed by atoms with Crippen molar-refractivity contribution >= 4 is 43.1 Å². The van der Waals surface area contributed by atoms with Crippen molar-refractivity contribution in [2.24, 2.45) is 0 Å². The van der Waals surface area contributed by atoms with Gasteiger partial charge >= 0.3 is 0 Å². The molecule has 0 saturated carbocycles. The average molecular weight is 583 g/mol. The zero-order valence-electron chi connectivity index (χ0n) is 25.3. The molecule has 0 fully saturated rings. The van der Waals surface area contributed by atoms with Crippen LogP contribution in [0.25, 0.3) is 87.6 Å². The van der Waals surface area contributed by atoms with E-state index < -0.39 is 0 Å². The molecule has 0 amide bonds. The van der Waals surface area contributed by atoms with E-state index in [1.807, 2.05) is 0 Å². The third kappa shape index (κ3) is 4.23. The Hall–Kier alpha value is -5.98. The van der Waals surface area contributed by atoms with E-state index in [-0.39, 0.29) is 0 Å². The predicted octanol–water partition coefficient (Wildman–Crippen LogP) is 13.0. The molecule has 9 aromatic carbocycles. The maximum atomic E-state index is 2.42. The Morgan fingerprint density at radius 3 is 1.39 bits per heavy atom. The monoisotopic (exact) mass is 582 g/mol. The van der Waals surface area contributed by atoms with Crippen molar-refractivity contribution in [3.05, 3.63) is 182 Å². The molecule has 9 rings (SSSR count). The standard InChI is InChI=1S/C46H30/c1-3-14-31(15-4-1)34-28-29-43-44(30-34)46(40-27-13-24-37-35(23-12-25-38(37)40)32-16-5-2-6-17-32)42-22-10-9-21-41(42)45(43)39-26-11-19-33-18-7-8-20-36(33)39/h1-30H. The molecule has 0 saturated heterocycles. The largest absolute Gasteiger partial charge is 0.0622 e. The van der Waals surface area contributed by atoms with Crippen LogP contribution in [0.2, 0.25) is 0 Å². The molecule has 0 nitrogen and oxygen atoms in total. The molecule has 0 radical (unpaired) electrons. The van der Waals surface area contributed by atoms with Crippen molar-refractivity contribution in [1.29, 1.82) is 0 Å². The Morgan fingerprint density at radius 1 is 0.217 bits per heavy atom. The molecule has 0 unspecified atom stereocenters. The minimum Gasteiger partial charge on any atom is -0.0622 e. The molecule has 0 heterocycles. The molecule has 0 atom stereocenters. The van der Waals surface area contributed by atoms with Crippen LogP contribution in [0, 0.1) is 0 Å². The first-order chi connectivity index (χ1) is 22.8. The molecule has 46 heavy (non-hydrogen) atoms. The van der Waals surface area contributed by atoms with Gasteiger partial charge in [-0.15, -0.1) is 0 Å². The first-order valence-electron chi connectivity index (χ1n) is 15.9. The molecular formula is C46H30. The Morgan fingerprint density at radius 2 is 0.674 bits per heavy atom. The molecule has 0 aliphatic rings. The van der Waals surface area contributed by atoms with Crippen molar-refractivity contribution in [2.45, 2.75) is 0 Å². The van der Waals surface area contributed by atoms with E-state index in [9.17, 15) is 0 Å². The molecule has 0 aliphatic heterocycles. The normalized spacial score (nSPS) is 11.5. The molecule has 0 bridgehead atoms. The summed E-state index contributed by atoms with van der Waals surface area (Å²) < 4.78 is 0. The number of hydrogen-bond acceptors (Lipinski definition) is 0. The summed E-state index contributed by atoms with van der Waals surface area (Å²) >= 11 is 0. The van der Waals surface area contributed by atoms with Crippen LogP contribution in [-0.4, -0.2) is 0 Å². The molecule has 214 valence electrons. The summed E-state index contributed by atoms with van der Waals surface area (Å²) in [6, 6.07) is 66.5. The number of benzene rings is 9. The summed E-state index contributed by atoms with van der Waals surface area (Å²) in [6.07, 6.45) is 0. The second kappa shape index (κ2) is 10.9.